The fourth-order valence-corrected chi connectivity index (χ4v) is 4.37. The number of para-hydroxylation sites is 1. The predicted molar refractivity (Wildman–Crippen MR) is 116 cm³/mol. The van der Waals surface area contributed by atoms with Crippen LogP contribution < -0.4 is 5.32 Å². The molecule has 5 heteroatoms. The summed E-state index contributed by atoms with van der Waals surface area (Å²) >= 11 is 1.60. The number of aromatic nitrogens is 2. The second kappa shape index (κ2) is 7.98. The van der Waals surface area contributed by atoms with Crippen LogP contribution in [-0.4, -0.2) is 22.4 Å². The highest BCUT2D eigenvalue weighted by Gasteiger charge is 2.15. The van der Waals surface area contributed by atoms with Crippen molar-refractivity contribution in [2.45, 2.75) is 26.7 Å². The van der Waals surface area contributed by atoms with Gasteiger partial charge >= 0.3 is 0 Å². The van der Waals surface area contributed by atoms with E-state index in [-0.39, 0.29) is 5.91 Å². The van der Waals surface area contributed by atoms with Gasteiger partial charge in [-0.1, -0.05) is 48.0 Å². The molecule has 28 heavy (non-hydrogen) atoms. The van der Waals surface area contributed by atoms with E-state index in [1.54, 1.807) is 11.3 Å². The summed E-state index contributed by atoms with van der Waals surface area (Å²) in [6.07, 6.45) is 3.20. The van der Waals surface area contributed by atoms with E-state index < -0.39 is 0 Å². The molecule has 2 heterocycles. The van der Waals surface area contributed by atoms with Gasteiger partial charge in [0.2, 0.25) is 5.91 Å². The Balaban J connectivity index is 1.39. The Bertz CT molecular complexity index is 1110. The Morgan fingerprint density at radius 2 is 1.89 bits per heavy atom. The molecule has 2 N–H and O–H groups in total. The molecular weight excluding hydrogens is 366 g/mol. The topological polar surface area (TPSA) is 57.8 Å². The molecule has 4 aromatic rings. The summed E-state index contributed by atoms with van der Waals surface area (Å²) in [5.74, 6) is 0.0388. The third kappa shape index (κ3) is 3.99. The van der Waals surface area contributed by atoms with Crippen LogP contribution in [0.3, 0.4) is 0 Å². The number of hydrogen-bond donors (Lipinski definition) is 2. The Kier molecular flexibility index (Phi) is 5.26. The molecule has 2 aromatic heterocycles. The van der Waals surface area contributed by atoms with Gasteiger partial charge in [0, 0.05) is 34.1 Å². The van der Waals surface area contributed by atoms with Gasteiger partial charge in [-0.2, -0.15) is 0 Å². The minimum Gasteiger partial charge on any atom is -0.361 e. The molecule has 4 rings (SSSR count). The number of thiazole rings is 1. The average molecular weight is 390 g/mol. The molecule has 0 aliphatic heterocycles. The molecule has 0 aliphatic rings. The molecule has 0 aliphatic carbocycles. The Labute approximate surface area is 168 Å². The summed E-state index contributed by atoms with van der Waals surface area (Å²) in [5.41, 5.74) is 5.56. The highest BCUT2D eigenvalue weighted by atomic mass is 32.1. The minimum absolute atomic E-state index is 0.0388. The van der Waals surface area contributed by atoms with Gasteiger partial charge in [-0.3, -0.25) is 4.79 Å². The van der Waals surface area contributed by atoms with E-state index >= 15 is 0 Å². The fourth-order valence-electron chi connectivity index (χ4n) is 3.41. The minimum atomic E-state index is 0.0388. The van der Waals surface area contributed by atoms with Crippen LogP contribution in [0.1, 0.15) is 21.0 Å². The summed E-state index contributed by atoms with van der Waals surface area (Å²) in [6, 6.07) is 16.5. The van der Waals surface area contributed by atoms with Crippen molar-refractivity contribution in [2.24, 2.45) is 0 Å². The van der Waals surface area contributed by atoms with Crippen molar-refractivity contribution in [3.8, 4) is 11.3 Å². The van der Waals surface area contributed by atoms with Gasteiger partial charge in [-0.05, 0) is 31.9 Å². The maximum absolute atomic E-state index is 12.5. The molecule has 142 valence electrons. The van der Waals surface area contributed by atoms with Gasteiger partial charge in [-0.15, -0.1) is 11.3 Å². The van der Waals surface area contributed by atoms with E-state index in [2.05, 4.69) is 58.6 Å². The third-order valence-corrected chi connectivity index (χ3v) is 5.81. The summed E-state index contributed by atoms with van der Waals surface area (Å²) in [5, 5.41) is 5.26. The van der Waals surface area contributed by atoms with Crippen LogP contribution in [0.5, 0.6) is 0 Å². The first-order valence-electron chi connectivity index (χ1n) is 9.45. The van der Waals surface area contributed by atoms with E-state index in [0.717, 1.165) is 33.1 Å². The zero-order valence-electron chi connectivity index (χ0n) is 16.1. The molecule has 0 saturated carbocycles. The SMILES string of the molecule is Cc1ccc(-c2nc(C)sc2CC(=O)NCCc2c[nH]c3ccccc23)cc1. The molecule has 2 aromatic carbocycles. The lowest BCUT2D eigenvalue weighted by molar-refractivity contribution is -0.120. The van der Waals surface area contributed by atoms with Crippen LogP contribution >= 0.6 is 11.3 Å². The molecular formula is C23H23N3OS. The van der Waals surface area contributed by atoms with Crippen molar-refractivity contribution < 1.29 is 4.79 Å². The number of amides is 1. The van der Waals surface area contributed by atoms with Gasteiger partial charge in [-0.25, -0.2) is 4.98 Å². The molecule has 0 unspecified atom stereocenters. The van der Waals surface area contributed by atoms with Crippen LogP contribution in [0.15, 0.2) is 54.7 Å². The lowest BCUT2D eigenvalue weighted by Crippen LogP contribution is -2.27. The fraction of sp³-hybridized carbons (Fsp3) is 0.217. The smallest absolute Gasteiger partial charge is 0.225 e. The van der Waals surface area contributed by atoms with Crippen molar-refractivity contribution >= 4 is 28.1 Å². The average Bonchev–Trinajstić information content (AvgIpc) is 3.26. The van der Waals surface area contributed by atoms with E-state index in [4.69, 9.17) is 0 Å². The third-order valence-electron chi connectivity index (χ3n) is 4.84. The van der Waals surface area contributed by atoms with Gasteiger partial charge in [0.05, 0.1) is 17.1 Å². The number of rotatable bonds is 6. The van der Waals surface area contributed by atoms with Crippen LogP contribution in [-0.2, 0) is 17.6 Å². The van der Waals surface area contributed by atoms with Gasteiger partial charge < -0.3 is 10.3 Å². The maximum Gasteiger partial charge on any atom is 0.225 e. The second-order valence-corrected chi connectivity index (χ2v) is 8.29. The van der Waals surface area contributed by atoms with Crippen LogP contribution in [0.25, 0.3) is 22.2 Å². The number of aromatic amines is 1. The molecule has 0 saturated heterocycles. The monoisotopic (exact) mass is 389 g/mol. The normalized spacial score (nSPS) is 11.1. The summed E-state index contributed by atoms with van der Waals surface area (Å²) in [7, 11) is 0. The van der Waals surface area contributed by atoms with Gasteiger partial charge in [0.25, 0.3) is 0 Å². The van der Waals surface area contributed by atoms with E-state index in [1.165, 1.54) is 16.5 Å². The lowest BCUT2D eigenvalue weighted by atomic mass is 10.1. The molecule has 0 fully saturated rings. The number of hydrogen-bond acceptors (Lipinski definition) is 3. The van der Waals surface area contributed by atoms with Crippen LogP contribution in [0.2, 0.25) is 0 Å². The van der Waals surface area contributed by atoms with Crippen molar-refractivity contribution in [3.63, 3.8) is 0 Å². The zero-order valence-corrected chi connectivity index (χ0v) is 16.9. The number of aryl methyl sites for hydroxylation is 2. The molecule has 0 spiro atoms. The van der Waals surface area contributed by atoms with E-state index in [1.807, 2.05) is 25.3 Å². The highest BCUT2D eigenvalue weighted by Crippen LogP contribution is 2.28. The number of carbonyl (C=O) groups is 1. The number of nitrogens with zero attached hydrogens (tertiary/aromatic N) is 1. The highest BCUT2D eigenvalue weighted by molar-refractivity contribution is 7.12. The van der Waals surface area contributed by atoms with Crippen molar-refractivity contribution in [3.05, 3.63) is 75.7 Å². The van der Waals surface area contributed by atoms with Crippen molar-refractivity contribution in [2.75, 3.05) is 6.54 Å². The standard InChI is InChI=1S/C23H23N3OS/c1-15-7-9-17(10-8-15)23-21(28-16(2)26-23)13-22(27)24-12-11-18-14-25-20-6-4-3-5-19(18)20/h3-10,14,25H,11-13H2,1-2H3,(H,24,27). The number of H-pyrrole nitrogens is 1. The van der Waals surface area contributed by atoms with E-state index in [9.17, 15) is 4.79 Å². The second-order valence-electron chi connectivity index (χ2n) is 7.01. The molecule has 0 radical (unpaired) electrons. The Hall–Kier alpha value is -2.92. The van der Waals surface area contributed by atoms with Crippen molar-refractivity contribution in [1.82, 2.24) is 15.3 Å². The van der Waals surface area contributed by atoms with Crippen molar-refractivity contribution in [1.29, 1.82) is 0 Å². The first kappa shape index (κ1) is 18.4. The Morgan fingerprint density at radius 3 is 2.71 bits per heavy atom. The number of nitrogens with one attached hydrogen (secondary N) is 2. The first-order chi connectivity index (χ1) is 13.6. The quantitative estimate of drug-likeness (QED) is 0.497. The largest absolute Gasteiger partial charge is 0.361 e. The van der Waals surface area contributed by atoms with Crippen LogP contribution in [0, 0.1) is 13.8 Å². The number of benzene rings is 2. The first-order valence-corrected chi connectivity index (χ1v) is 10.3. The van der Waals surface area contributed by atoms with Gasteiger partial charge in [0.15, 0.2) is 0 Å². The summed E-state index contributed by atoms with van der Waals surface area (Å²) in [6.45, 7) is 4.68. The van der Waals surface area contributed by atoms with Crippen LogP contribution in [0.4, 0.5) is 0 Å². The number of carbonyl (C=O) groups excluding carboxylic acids is 1. The van der Waals surface area contributed by atoms with Gasteiger partial charge in [0.1, 0.15) is 0 Å². The molecule has 0 atom stereocenters. The lowest BCUT2D eigenvalue weighted by Gasteiger charge is -2.06. The molecule has 0 bridgehead atoms. The summed E-state index contributed by atoms with van der Waals surface area (Å²) in [4.78, 5) is 21.5. The van der Waals surface area contributed by atoms with E-state index in [0.29, 0.717) is 13.0 Å². The zero-order chi connectivity index (χ0) is 19.5. The molecule has 1 amide bonds. The summed E-state index contributed by atoms with van der Waals surface area (Å²) < 4.78 is 0. The Morgan fingerprint density at radius 1 is 1.11 bits per heavy atom. The maximum atomic E-state index is 12.5. The predicted octanol–water partition coefficient (Wildman–Crippen LogP) is 4.81. The number of fused-ring (bicyclic) bond motifs is 1. The molecule has 4 nitrogen and oxygen atoms in total.